The smallest absolute Gasteiger partial charge is 0.251 e. The third kappa shape index (κ3) is 4.91. The lowest BCUT2D eigenvalue weighted by Crippen LogP contribution is -2.42. The van der Waals surface area contributed by atoms with Crippen molar-refractivity contribution in [2.24, 2.45) is 0 Å². The van der Waals surface area contributed by atoms with Crippen LogP contribution in [0, 0.1) is 6.92 Å². The number of hydrogen-bond donors (Lipinski definition) is 3. The van der Waals surface area contributed by atoms with Gasteiger partial charge < -0.3 is 20.9 Å². The van der Waals surface area contributed by atoms with Crippen LogP contribution < -0.4 is 20.9 Å². The fourth-order valence-corrected chi connectivity index (χ4v) is 3.42. The van der Waals surface area contributed by atoms with Crippen LogP contribution in [0.25, 0.3) is 0 Å². The highest BCUT2D eigenvalue weighted by Gasteiger charge is 2.27. The molecule has 0 bridgehead atoms. The number of para-hydroxylation sites is 2. The van der Waals surface area contributed by atoms with Crippen LogP contribution in [-0.4, -0.2) is 36.2 Å². The van der Waals surface area contributed by atoms with Crippen molar-refractivity contribution in [2.75, 3.05) is 22.1 Å². The number of rotatable bonds is 6. The van der Waals surface area contributed by atoms with Crippen LogP contribution in [0.4, 0.5) is 17.1 Å². The Bertz CT molecular complexity index is 1060. The molecule has 1 saturated carbocycles. The zero-order valence-electron chi connectivity index (χ0n) is 17.2. The summed E-state index contributed by atoms with van der Waals surface area (Å²) in [5.74, 6) is -1.05. The van der Waals surface area contributed by atoms with Crippen molar-refractivity contribution in [1.29, 1.82) is 0 Å². The summed E-state index contributed by atoms with van der Waals surface area (Å²) in [5, 5.41) is 8.45. The van der Waals surface area contributed by atoms with Gasteiger partial charge in [0.2, 0.25) is 17.7 Å². The number of fused-ring (bicyclic) bond motifs is 1. The quantitative estimate of drug-likeness (QED) is 0.668. The van der Waals surface area contributed by atoms with E-state index >= 15 is 0 Å². The molecule has 0 radical (unpaired) electrons. The summed E-state index contributed by atoms with van der Waals surface area (Å²) in [5.41, 5.74) is 3.05. The molecule has 3 N–H and O–H groups in total. The number of nitrogens with one attached hydrogen (secondary N) is 3. The predicted molar refractivity (Wildman–Crippen MR) is 117 cm³/mol. The first-order valence-corrected chi connectivity index (χ1v) is 10.3. The number of nitrogens with zero attached hydrogens (tertiary/aromatic N) is 1. The van der Waals surface area contributed by atoms with Crippen LogP contribution >= 0.6 is 0 Å². The van der Waals surface area contributed by atoms with Gasteiger partial charge in [-0.05, 0) is 49.6 Å². The van der Waals surface area contributed by atoms with Crippen LogP contribution in [0.1, 0.15) is 41.6 Å². The lowest BCUT2D eigenvalue weighted by Gasteiger charge is -2.29. The van der Waals surface area contributed by atoms with Crippen LogP contribution in [0.3, 0.4) is 0 Å². The van der Waals surface area contributed by atoms with E-state index in [1.54, 1.807) is 42.5 Å². The maximum atomic E-state index is 12.7. The molecule has 0 saturated heterocycles. The van der Waals surface area contributed by atoms with Crippen LogP contribution in [0.5, 0.6) is 0 Å². The zero-order valence-corrected chi connectivity index (χ0v) is 17.2. The minimum absolute atomic E-state index is 0.0307. The molecule has 31 heavy (non-hydrogen) atoms. The highest BCUT2D eigenvalue weighted by Crippen LogP contribution is 2.29. The Kier molecular flexibility index (Phi) is 5.70. The zero-order chi connectivity index (χ0) is 22.0. The van der Waals surface area contributed by atoms with Gasteiger partial charge in [-0.2, -0.15) is 0 Å². The summed E-state index contributed by atoms with van der Waals surface area (Å²) in [6.45, 7) is 1.77. The Labute approximate surface area is 180 Å². The molecule has 0 spiro atoms. The van der Waals surface area contributed by atoms with Crippen molar-refractivity contribution in [1.82, 2.24) is 5.32 Å². The SMILES string of the molecule is Cc1ccc(C(=O)NC2CC2)cc1NC(=O)CCC(=O)N1CC(=O)Nc2ccccc21. The topological polar surface area (TPSA) is 108 Å². The average molecular weight is 420 g/mol. The number of anilines is 3. The van der Waals surface area contributed by atoms with Gasteiger partial charge in [0.05, 0.1) is 11.4 Å². The molecule has 0 aromatic heterocycles. The van der Waals surface area contributed by atoms with Gasteiger partial charge in [-0.15, -0.1) is 0 Å². The monoisotopic (exact) mass is 420 g/mol. The molecular formula is C23H24N4O4. The van der Waals surface area contributed by atoms with E-state index in [1.165, 1.54) is 4.90 Å². The fourth-order valence-electron chi connectivity index (χ4n) is 3.42. The van der Waals surface area contributed by atoms with E-state index < -0.39 is 0 Å². The number of carbonyl (C=O) groups is 4. The van der Waals surface area contributed by atoms with Crippen LogP contribution in [-0.2, 0) is 14.4 Å². The van der Waals surface area contributed by atoms with Crippen molar-refractivity contribution in [3.8, 4) is 0 Å². The van der Waals surface area contributed by atoms with E-state index in [0.29, 0.717) is 22.6 Å². The molecular weight excluding hydrogens is 396 g/mol. The van der Waals surface area contributed by atoms with Crippen molar-refractivity contribution in [3.05, 3.63) is 53.6 Å². The maximum Gasteiger partial charge on any atom is 0.251 e. The van der Waals surface area contributed by atoms with Gasteiger partial charge >= 0.3 is 0 Å². The Morgan fingerprint density at radius 3 is 2.65 bits per heavy atom. The fraction of sp³-hybridized carbons (Fsp3) is 0.304. The normalized spacial score (nSPS) is 15.0. The highest BCUT2D eigenvalue weighted by atomic mass is 16.2. The molecule has 8 heteroatoms. The lowest BCUT2D eigenvalue weighted by atomic mass is 10.1. The van der Waals surface area contributed by atoms with E-state index in [-0.39, 0.29) is 49.1 Å². The average Bonchev–Trinajstić information content (AvgIpc) is 3.56. The first-order valence-electron chi connectivity index (χ1n) is 10.3. The summed E-state index contributed by atoms with van der Waals surface area (Å²) >= 11 is 0. The summed E-state index contributed by atoms with van der Waals surface area (Å²) in [4.78, 5) is 50.7. The summed E-state index contributed by atoms with van der Waals surface area (Å²) < 4.78 is 0. The number of carbonyl (C=O) groups excluding carboxylic acids is 4. The van der Waals surface area contributed by atoms with Gasteiger partial charge in [-0.1, -0.05) is 18.2 Å². The molecule has 2 aliphatic rings. The van der Waals surface area contributed by atoms with Crippen LogP contribution in [0.2, 0.25) is 0 Å². The molecule has 1 heterocycles. The van der Waals surface area contributed by atoms with Gasteiger partial charge in [0.25, 0.3) is 5.91 Å². The predicted octanol–water partition coefficient (Wildman–Crippen LogP) is 2.59. The molecule has 4 rings (SSSR count). The standard InChI is InChI=1S/C23H24N4O4/c1-14-6-7-15(23(31)24-16-8-9-16)12-18(14)26-20(28)10-11-22(30)27-13-21(29)25-17-4-2-3-5-19(17)27/h2-7,12,16H,8-11,13H2,1H3,(H,24,31)(H,25,29)(H,26,28). The second-order valence-electron chi connectivity index (χ2n) is 7.87. The third-order valence-corrected chi connectivity index (χ3v) is 5.32. The van der Waals surface area contributed by atoms with Gasteiger partial charge in [-0.3, -0.25) is 19.2 Å². The number of benzene rings is 2. The van der Waals surface area contributed by atoms with Gasteiger partial charge in [-0.25, -0.2) is 0 Å². The highest BCUT2D eigenvalue weighted by molar-refractivity contribution is 6.10. The molecule has 1 aliphatic carbocycles. The third-order valence-electron chi connectivity index (χ3n) is 5.32. The second kappa shape index (κ2) is 8.59. The molecule has 1 aliphatic heterocycles. The molecule has 2 aromatic rings. The Morgan fingerprint density at radius 1 is 1.10 bits per heavy atom. The summed E-state index contributed by atoms with van der Waals surface area (Å²) in [7, 11) is 0. The van der Waals surface area contributed by atoms with E-state index in [9.17, 15) is 19.2 Å². The van der Waals surface area contributed by atoms with Crippen molar-refractivity contribution >= 4 is 40.7 Å². The van der Waals surface area contributed by atoms with E-state index in [4.69, 9.17) is 0 Å². The van der Waals surface area contributed by atoms with E-state index in [0.717, 1.165) is 18.4 Å². The van der Waals surface area contributed by atoms with Gasteiger partial charge in [0.15, 0.2) is 0 Å². The minimum Gasteiger partial charge on any atom is -0.349 e. The molecule has 160 valence electrons. The number of hydrogen-bond acceptors (Lipinski definition) is 4. The first kappa shape index (κ1) is 20.6. The van der Waals surface area contributed by atoms with E-state index in [2.05, 4.69) is 16.0 Å². The van der Waals surface area contributed by atoms with Crippen molar-refractivity contribution in [2.45, 2.75) is 38.6 Å². The molecule has 0 unspecified atom stereocenters. The molecule has 0 atom stereocenters. The largest absolute Gasteiger partial charge is 0.349 e. The number of amides is 4. The Morgan fingerprint density at radius 2 is 1.87 bits per heavy atom. The summed E-state index contributed by atoms with van der Waals surface area (Å²) in [6.07, 6.45) is 1.93. The minimum atomic E-state index is -0.328. The maximum absolute atomic E-state index is 12.7. The number of aryl methyl sites for hydroxylation is 1. The molecule has 1 fully saturated rings. The molecule has 4 amide bonds. The summed E-state index contributed by atoms with van der Waals surface area (Å²) in [6, 6.07) is 12.5. The van der Waals surface area contributed by atoms with Gasteiger partial charge in [0.1, 0.15) is 6.54 Å². The Hall–Kier alpha value is -3.68. The van der Waals surface area contributed by atoms with Crippen LogP contribution in [0.15, 0.2) is 42.5 Å². The molecule has 8 nitrogen and oxygen atoms in total. The Balaban J connectivity index is 1.37. The molecule has 2 aromatic carbocycles. The van der Waals surface area contributed by atoms with Gasteiger partial charge in [0, 0.05) is 30.1 Å². The van der Waals surface area contributed by atoms with E-state index in [1.807, 2.05) is 6.92 Å². The van der Waals surface area contributed by atoms with Crippen molar-refractivity contribution in [3.63, 3.8) is 0 Å². The lowest BCUT2D eigenvalue weighted by molar-refractivity contribution is -0.124. The second-order valence-corrected chi connectivity index (χ2v) is 7.87. The van der Waals surface area contributed by atoms with Crippen molar-refractivity contribution < 1.29 is 19.2 Å². The first-order chi connectivity index (χ1) is 14.9.